The van der Waals surface area contributed by atoms with E-state index in [1.165, 1.54) is 5.56 Å². The molecule has 0 fully saturated rings. The summed E-state index contributed by atoms with van der Waals surface area (Å²) in [5, 5.41) is 0. The van der Waals surface area contributed by atoms with E-state index in [0.29, 0.717) is 12.5 Å². The van der Waals surface area contributed by atoms with Crippen molar-refractivity contribution in [1.82, 2.24) is 0 Å². The normalized spacial score (nSPS) is 10.7. The standard InChI is InChI=1S/C16H18BrNO/c1-11(2)12-4-7-15(8-5-12)19-10-13-3-6-14(18)9-16(13)17/h3-9,11H,10,18H2,1-2H3. The Hall–Kier alpha value is -1.48. The second kappa shape index (κ2) is 6.11. The molecule has 0 aromatic heterocycles. The summed E-state index contributed by atoms with van der Waals surface area (Å²) in [5.41, 5.74) is 8.86. The maximum absolute atomic E-state index is 5.78. The monoisotopic (exact) mass is 319 g/mol. The number of hydrogen-bond acceptors (Lipinski definition) is 2. The molecule has 19 heavy (non-hydrogen) atoms. The van der Waals surface area contributed by atoms with E-state index in [1.807, 2.05) is 30.3 Å². The lowest BCUT2D eigenvalue weighted by atomic mass is 10.0. The lowest BCUT2D eigenvalue weighted by Gasteiger charge is -2.10. The van der Waals surface area contributed by atoms with E-state index in [2.05, 4.69) is 41.9 Å². The minimum absolute atomic E-state index is 0.530. The first-order valence-corrected chi connectivity index (χ1v) is 7.12. The summed E-state index contributed by atoms with van der Waals surface area (Å²) in [4.78, 5) is 0. The Labute approximate surface area is 122 Å². The smallest absolute Gasteiger partial charge is 0.119 e. The molecule has 2 aromatic carbocycles. The highest BCUT2D eigenvalue weighted by atomic mass is 79.9. The summed E-state index contributed by atoms with van der Waals surface area (Å²) < 4.78 is 6.75. The summed E-state index contributed by atoms with van der Waals surface area (Å²) in [6.45, 7) is 4.89. The zero-order valence-corrected chi connectivity index (χ0v) is 12.8. The van der Waals surface area contributed by atoms with Gasteiger partial charge in [-0.05, 0) is 35.7 Å². The van der Waals surface area contributed by atoms with E-state index in [9.17, 15) is 0 Å². The molecule has 2 N–H and O–H groups in total. The summed E-state index contributed by atoms with van der Waals surface area (Å²) in [6, 6.07) is 14.0. The Bertz CT molecular complexity index is 549. The molecule has 0 aliphatic rings. The van der Waals surface area contributed by atoms with Crippen molar-refractivity contribution in [3.8, 4) is 5.75 Å². The Morgan fingerprint density at radius 3 is 2.37 bits per heavy atom. The molecule has 0 aliphatic heterocycles. The fourth-order valence-electron chi connectivity index (χ4n) is 1.79. The van der Waals surface area contributed by atoms with Crippen molar-refractivity contribution in [1.29, 1.82) is 0 Å². The van der Waals surface area contributed by atoms with E-state index < -0.39 is 0 Å². The van der Waals surface area contributed by atoms with Crippen LogP contribution in [0.4, 0.5) is 5.69 Å². The van der Waals surface area contributed by atoms with Gasteiger partial charge in [0.05, 0.1) is 0 Å². The van der Waals surface area contributed by atoms with Crippen LogP contribution in [0.3, 0.4) is 0 Å². The Balaban J connectivity index is 2.02. The Morgan fingerprint density at radius 1 is 1.11 bits per heavy atom. The number of rotatable bonds is 4. The maximum atomic E-state index is 5.78. The zero-order chi connectivity index (χ0) is 13.8. The van der Waals surface area contributed by atoms with Crippen molar-refractivity contribution >= 4 is 21.6 Å². The van der Waals surface area contributed by atoms with Crippen LogP contribution in [-0.4, -0.2) is 0 Å². The highest BCUT2D eigenvalue weighted by Crippen LogP contribution is 2.23. The van der Waals surface area contributed by atoms with Crippen LogP contribution >= 0.6 is 15.9 Å². The van der Waals surface area contributed by atoms with Crippen molar-refractivity contribution in [2.24, 2.45) is 0 Å². The molecule has 3 heteroatoms. The predicted octanol–water partition coefficient (Wildman–Crippen LogP) is 4.73. The van der Waals surface area contributed by atoms with Crippen molar-refractivity contribution < 1.29 is 4.74 Å². The molecule has 0 saturated carbocycles. The van der Waals surface area contributed by atoms with Crippen LogP contribution < -0.4 is 10.5 Å². The predicted molar refractivity (Wildman–Crippen MR) is 83.4 cm³/mol. The van der Waals surface area contributed by atoms with Gasteiger partial charge in [0, 0.05) is 15.7 Å². The topological polar surface area (TPSA) is 35.2 Å². The average Bonchev–Trinajstić information content (AvgIpc) is 2.38. The molecule has 0 heterocycles. The van der Waals surface area contributed by atoms with Gasteiger partial charge in [-0.3, -0.25) is 0 Å². The van der Waals surface area contributed by atoms with Crippen LogP contribution in [0.15, 0.2) is 46.9 Å². The summed E-state index contributed by atoms with van der Waals surface area (Å²) >= 11 is 3.49. The van der Waals surface area contributed by atoms with Crippen molar-refractivity contribution in [3.05, 3.63) is 58.1 Å². The minimum atomic E-state index is 0.530. The maximum Gasteiger partial charge on any atom is 0.119 e. The second-order valence-corrected chi connectivity index (χ2v) is 5.72. The highest BCUT2D eigenvalue weighted by Gasteiger charge is 2.03. The third-order valence-electron chi connectivity index (χ3n) is 3.02. The van der Waals surface area contributed by atoms with Crippen LogP contribution in [0.25, 0.3) is 0 Å². The average molecular weight is 320 g/mol. The molecular formula is C16H18BrNO. The lowest BCUT2D eigenvalue weighted by Crippen LogP contribution is -1.97. The van der Waals surface area contributed by atoms with E-state index in [0.717, 1.165) is 21.5 Å². The molecule has 2 aromatic rings. The van der Waals surface area contributed by atoms with Crippen LogP contribution in [-0.2, 0) is 6.61 Å². The zero-order valence-electron chi connectivity index (χ0n) is 11.2. The van der Waals surface area contributed by atoms with Crippen LogP contribution in [0, 0.1) is 0 Å². The fraction of sp³-hybridized carbons (Fsp3) is 0.250. The first-order chi connectivity index (χ1) is 9.06. The number of benzene rings is 2. The summed E-state index contributed by atoms with van der Waals surface area (Å²) in [7, 11) is 0. The third kappa shape index (κ3) is 3.74. The molecule has 0 saturated heterocycles. The quantitative estimate of drug-likeness (QED) is 0.826. The molecule has 2 nitrogen and oxygen atoms in total. The molecule has 0 aliphatic carbocycles. The Morgan fingerprint density at radius 2 is 1.79 bits per heavy atom. The third-order valence-corrected chi connectivity index (χ3v) is 3.76. The van der Waals surface area contributed by atoms with Crippen LogP contribution in [0.2, 0.25) is 0 Å². The van der Waals surface area contributed by atoms with E-state index in [1.54, 1.807) is 0 Å². The van der Waals surface area contributed by atoms with Gasteiger partial charge in [-0.1, -0.05) is 48.0 Å². The van der Waals surface area contributed by atoms with Gasteiger partial charge in [0.1, 0.15) is 12.4 Å². The fourth-order valence-corrected chi connectivity index (χ4v) is 2.30. The molecule has 0 amide bonds. The second-order valence-electron chi connectivity index (χ2n) is 4.86. The Kier molecular flexibility index (Phi) is 4.48. The van der Waals surface area contributed by atoms with Gasteiger partial charge < -0.3 is 10.5 Å². The van der Waals surface area contributed by atoms with Gasteiger partial charge in [0.25, 0.3) is 0 Å². The summed E-state index contributed by atoms with van der Waals surface area (Å²) in [5.74, 6) is 1.42. The van der Waals surface area contributed by atoms with Crippen molar-refractivity contribution in [2.45, 2.75) is 26.4 Å². The largest absolute Gasteiger partial charge is 0.489 e. The lowest BCUT2D eigenvalue weighted by molar-refractivity contribution is 0.305. The molecule has 0 radical (unpaired) electrons. The molecular weight excluding hydrogens is 302 g/mol. The number of nitrogens with two attached hydrogens (primary N) is 1. The molecule has 0 spiro atoms. The van der Waals surface area contributed by atoms with E-state index in [-0.39, 0.29) is 0 Å². The highest BCUT2D eigenvalue weighted by molar-refractivity contribution is 9.10. The SMILES string of the molecule is CC(C)c1ccc(OCc2ccc(N)cc2Br)cc1. The first kappa shape index (κ1) is 13.9. The molecule has 0 bridgehead atoms. The van der Waals surface area contributed by atoms with Gasteiger partial charge in [0.2, 0.25) is 0 Å². The van der Waals surface area contributed by atoms with Gasteiger partial charge in [0.15, 0.2) is 0 Å². The minimum Gasteiger partial charge on any atom is -0.489 e. The molecule has 0 atom stereocenters. The van der Waals surface area contributed by atoms with Crippen LogP contribution in [0.1, 0.15) is 30.9 Å². The molecule has 0 unspecified atom stereocenters. The first-order valence-electron chi connectivity index (χ1n) is 6.33. The van der Waals surface area contributed by atoms with Gasteiger partial charge >= 0.3 is 0 Å². The number of anilines is 1. The van der Waals surface area contributed by atoms with E-state index in [4.69, 9.17) is 10.5 Å². The van der Waals surface area contributed by atoms with Crippen LogP contribution in [0.5, 0.6) is 5.75 Å². The number of nitrogen functional groups attached to an aromatic ring is 1. The van der Waals surface area contributed by atoms with Gasteiger partial charge in [-0.25, -0.2) is 0 Å². The molecule has 2 rings (SSSR count). The number of ether oxygens (including phenoxy) is 1. The number of hydrogen-bond donors (Lipinski definition) is 1. The summed E-state index contributed by atoms with van der Waals surface area (Å²) in [6.07, 6.45) is 0. The van der Waals surface area contributed by atoms with Gasteiger partial charge in [-0.15, -0.1) is 0 Å². The van der Waals surface area contributed by atoms with E-state index >= 15 is 0 Å². The van der Waals surface area contributed by atoms with Crippen molar-refractivity contribution in [3.63, 3.8) is 0 Å². The van der Waals surface area contributed by atoms with Crippen molar-refractivity contribution in [2.75, 3.05) is 5.73 Å². The van der Waals surface area contributed by atoms with Gasteiger partial charge in [-0.2, -0.15) is 0 Å². The number of halogens is 1. The molecule has 100 valence electrons.